The van der Waals surface area contributed by atoms with Gasteiger partial charge in [-0.25, -0.2) is 4.98 Å². The Bertz CT molecular complexity index is 547. The SMILES string of the molecule is CCC1c2ccsc2CCN1C(=O)c1cnco1. The van der Waals surface area contributed by atoms with Crippen LogP contribution < -0.4 is 0 Å². The Balaban J connectivity index is 1.92. The lowest BCUT2D eigenvalue weighted by Gasteiger charge is -2.34. The molecule has 1 unspecified atom stereocenters. The number of amides is 1. The molecule has 0 N–H and O–H groups in total. The van der Waals surface area contributed by atoms with Gasteiger partial charge in [0.25, 0.3) is 5.91 Å². The van der Waals surface area contributed by atoms with Crippen molar-refractivity contribution in [2.75, 3.05) is 6.54 Å². The average molecular weight is 262 g/mol. The van der Waals surface area contributed by atoms with Crippen LogP contribution in [0.25, 0.3) is 0 Å². The van der Waals surface area contributed by atoms with Crippen LogP contribution in [0.15, 0.2) is 28.5 Å². The molecule has 0 spiro atoms. The summed E-state index contributed by atoms with van der Waals surface area (Å²) in [4.78, 5) is 19.5. The second-order valence-electron chi connectivity index (χ2n) is 4.34. The van der Waals surface area contributed by atoms with Gasteiger partial charge >= 0.3 is 0 Å². The lowest BCUT2D eigenvalue weighted by Crippen LogP contribution is -2.39. The molecule has 1 amide bonds. The van der Waals surface area contributed by atoms with Gasteiger partial charge in [0.2, 0.25) is 5.76 Å². The molecule has 1 aliphatic rings. The van der Waals surface area contributed by atoms with Gasteiger partial charge in [-0.3, -0.25) is 4.79 Å². The van der Waals surface area contributed by atoms with E-state index in [2.05, 4.69) is 23.4 Å². The zero-order valence-corrected chi connectivity index (χ0v) is 10.9. The molecule has 0 fully saturated rings. The number of carbonyl (C=O) groups is 1. The summed E-state index contributed by atoms with van der Waals surface area (Å²) in [6.45, 7) is 2.86. The molecule has 1 atom stereocenters. The number of hydrogen-bond acceptors (Lipinski definition) is 4. The maximum absolute atomic E-state index is 12.4. The first kappa shape index (κ1) is 11.5. The fourth-order valence-electron chi connectivity index (χ4n) is 2.54. The Hall–Kier alpha value is -1.62. The predicted octanol–water partition coefficient (Wildman–Crippen LogP) is 2.89. The monoisotopic (exact) mass is 262 g/mol. The molecule has 0 aromatic carbocycles. The highest BCUT2D eigenvalue weighted by molar-refractivity contribution is 7.10. The highest BCUT2D eigenvalue weighted by Gasteiger charge is 2.31. The fraction of sp³-hybridized carbons (Fsp3) is 0.385. The summed E-state index contributed by atoms with van der Waals surface area (Å²) in [5.41, 5.74) is 1.29. The van der Waals surface area contributed by atoms with Gasteiger partial charge in [-0.2, -0.15) is 0 Å². The molecule has 18 heavy (non-hydrogen) atoms. The van der Waals surface area contributed by atoms with Crippen molar-refractivity contribution in [3.05, 3.63) is 40.2 Å². The Labute approximate surface area is 109 Å². The third kappa shape index (κ3) is 1.75. The molecular formula is C13H14N2O2S. The maximum Gasteiger partial charge on any atom is 0.291 e. The van der Waals surface area contributed by atoms with Crippen molar-refractivity contribution in [2.45, 2.75) is 25.8 Å². The summed E-state index contributed by atoms with van der Waals surface area (Å²) in [5, 5.41) is 2.11. The lowest BCUT2D eigenvalue weighted by atomic mass is 9.97. The summed E-state index contributed by atoms with van der Waals surface area (Å²) in [7, 11) is 0. The number of thiophene rings is 1. The fourth-order valence-corrected chi connectivity index (χ4v) is 3.47. The number of hydrogen-bond donors (Lipinski definition) is 0. The third-order valence-electron chi connectivity index (χ3n) is 3.39. The average Bonchev–Trinajstić information content (AvgIpc) is 3.06. The van der Waals surface area contributed by atoms with Crippen LogP contribution in [0.2, 0.25) is 0 Å². The summed E-state index contributed by atoms with van der Waals surface area (Å²) in [6, 6.07) is 2.30. The van der Waals surface area contributed by atoms with Crippen molar-refractivity contribution in [3.63, 3.8) is 0 Å². The Morgan fingerprint density at radius 1 is 1.67 bits per heavy atom. The maximum atomic E-state index is 12.4. The van der Waals surface area contributed by atoms with Crippen LogP contribution >= 0.6 is 11.3 Å². The summed E-state index contributed by atoms with van der Waals surface area (Å²) >= 11 is 1.78. The Kier molecular flexibility index (Phi) is 2.91. The largest absolute Gasteiger partial charge is 0.438 e. The zero-order chi connectivity index (χ0) is 12.5. The van der Waals surface area contributed by atoms with Crippen LogP contribution in [0.1, 0.15) is 40.4 Å². The Morgan fingerprint density at radius 2 is 2.56 bits per heavy atom. The van der Waals surface area contributed by atoms with Gasteiger partial charge in [0.15, 0.2) is 6.39 Å². The molecule has 3 heterocycles. The van der Waals surface area contributed by atoms with Crippen LogP contribution in [0.5, 0.6) is 0 Å². The van der Waals surface area contributed by atoms with Crippen LogP contribution in [0.4, 0.5) is 0 Å². The third-order valence-corrected chi connectivity index (χ3v) is 4.38. The number of aromatic nitrogens is 1. The molecular weight excluding hydrogens is 248 g/mol. The van der Waals surface area contributed by atoms with Crippen LogP contribution in [-0.2, 0) is 6.42 Å². The highest BCUT2D eigenvalue weighted by Crippen LogP contribution is 2.35. The number of rotatable bonds is 2. The van der Waals surface area contributed by atoms with E-state index in [0.29, 0.717) is 5.76 Å². The van der Waals surface area contributed by atoms with Crippen LogP contribution in [0, 0.1) is 0 Å². The second-order valence-corrected chi connectivity index (χ2v) is 5.34. The molecule has 0 saturated carbocycles. The highest BCUT2D eigenvalue weighted by atomic mass is 32.1. The smallest absolute Gasteiger partial charge is 0.291 e. The second kappa shape index (κ2) is 4.57. The minimum atomic E-state index is -0.0591. The number of carbonyl (C=O) groups excluding carboxylic acids is 1. The van der Waals surface area contributed by atoms with Gasteiger partial charge in [0, 0.05) is 11.4 Å². The van der Waals surface area contributed by atoms with Crippen molar-refractivity contribution in [2.24, 2.45) is 0 Å². The van der Waals surface area contributed by atoms with Gasteiger partial charge < -0.3 is 9.32 Å². The first-order valence-electron chi connectivity index (χ1n) is 6.07. The van der Waals surface area contributed by atoms with Crippen molar-refractivity contribution in [1.82, 2.24) is 9.88 Å². The molecule has 3 rings (SSSR count). The summed E-state index contributed by atoms with van der Waals surface area (Å²) in [6.07, 6.45) is 4.64. The quantitative estimate of drug-likeness (QED) is 0.836. The van der Waals surface area contributed by atoms with E-state index in [1.807, 2.05) is 4.90 Å². The predicted molar refractivity (Wildman–Crippen MR) is 68.6 cm³/mol. The normalized spacial score (nSPS) is 18.7. The van der Waals surface area contributed by atoms with Crippen molar-refractivity contribution in [1.29, 1.82) is 0 Å². The van der Waals surface area contributed by atoms with E-state index in [1.54, 1.807) is 11.3 Å². The van der Waals surface area contributed by atoms with Crippen LogP contribution in [-0.4, -0.2) is 22.3 Å². The van der Waals surface area contributed by atoms with Gasteiger partial charge in [-0.15, -0.1) is 11.3 Å². The Morgan fingerprint density at radius 3 is 3.28 bits per heavy atom. The van der Waals surface area contributed by atoms with Gasteiger partial charge in [-0.1, -0.05) is 6.92 Å². The first-order valence-corrected chi connectivity index (χ1v) is 6.95. The zero-order valence-electron chi connectivity index (χ0n) is 10.1. The number of fused-ring (bicyclic) bond motifs is 1. The van der Waals surface area contributed by atoms with Gasteiger partial charge in [0.1, 0.15) is 0 Å². The van der Waals surface area contributed by atoms with E-state index in [4.69, 9.17) is 4.42 Å². The summed E-state index contributed by atoms with van der Waals surface area (Å²) < 4.78 is 5.11. The van der Waals surface area contributed by atoms with Crippen molar-refractivity contribution >= 4 is 17.2 Å². The van der Waals surface area contributed by atoms with E-state index in [9.17, 15) is 4.79 Å². The minimum Gasteiger partial charge on any atom is -0.438 e. The van der Waals surface area contributed by atoms with Gasteiger partial charge in [0.05, 0.1) is 12.2 Å². The molecule has 4 nitrogen and oxygen atoms in total. The van der Waals surface area contributed by atoms with E-state index < -0.39 is 0 Å². The van der Waals surface area contributed by atoms with Crippen molar-refractivity contribution < 1.29 is 9.21 Å². The number of nitrogens with zero attached hydrogens (tertiary/aromatic N) is 2. The minimum absolute atomic E-state index is 0.0591. The standard InChI is InChI=1S/C13H14N2O2S/c1-2-10-9-4-6-18-12(9)3-5-15(10)13(16)11-7-14-8-17-11/h4,6-8,10H,2-3,5H2,1H3. The van der Waals surface area contributed by atoms with E-state index in [0.717, 1.165) is 19.4 Å². The molecule has 0 saturated heterocycles. The molecule has 94 valence electrons. The number of oxazole rings is 1. The van der Waals surface area contributed by atoms with E-state index >= 15 is 0 Å². The molecule has 5 heteroatoms. The molecule has 0 bridgehead atoms. The molecule has 0 aliphatic carbocycles. The first-order chi connectivity index (χ1) is 8.81. The molecule has 0 radical (unpaired) electrons. The summed E-state index contributed by atoms with van der Waals surface area (Å²) in [5.74, 6) is 0.267. The molecule has 2 aromatic heterocycles. The van der Waals surface area contributed by atoms with Crippen molar-refractivity contribution in [3.8, 4) is 0 Å². The topological polar surface area (TPSA) is 46.3 Å². The molecule has 1 aliphatic heterocycles. The lowest BCUT2D eigenvalue weighted by molar-refractivity contribution is 0.0624. The van der Waals surface area contributed by atoms with Gasteiger partial charge in [-0.05, 0) is 29.9 Å². The van der Waals surface area contributed by atoms with E-state index in [1.165, 1.54) is 23.0 Å². The van der Waals surface area contributed by atoms with E-state index in [-0.39, 0.29) is 11.9 Å². The van der Waals surface area contributed by atoms with Crippen LogP contribution in [0.3, 0.4) is 0 Å². The molecule has 2 aromatic rings.